The summed E-state index contributed by atoms with van der Waals surface area (Å²) in [7, 11) is 0. The van der Waals surface area contributed by atoms with Crippen molar-refractivity contribution in [3.8, 4) is 0 Å². The van der Waals surface area contributed by atoms with Gasteiger partial charge in [-0.1, -0.05) is 40.2 Å². The Morgan fingerprint density at radius 1 is 0.947 bits per heavy atom. The van der Waals surface area contributed by atoms with Crippen LogP contribution in [0.15, 0.2) is 40.9 Å². The van der Waals surface area contributed by atoms with Crippen LogP contribution in [-0.4, -0.2) is 13.1 Å². The smallest absolute Gasteiger partial charge is 0.0383 e. The summed E-state index contributed by atoms with van der Waals surface area (Å²) in [5.41, 5.74) is 2.13. The average Bonchev–Trinajstić information content (AvgIpc) is 3.19. The second kappa shape index (κ2) is 4.24. The lowest BCUT2D eigenvalue weighted by molar-refractivity contribution is 0.384. The van der Waals surface area contributed by atoms with Crippen LogP contribution in [0.4, 0.5) is 5.69 Å². The maximum atomic E-state index is 3.72. The zero-order valence-electron chi connectivity index (χ0n) is 11.0. The molecule has 0 unspecified atom stereocenters. The van der Waals surface area contributed by atoms with Gasteiger partial charge in [-0.3, -0.25) is 0 Å². The standard InChI is InChI=1S/C17H18BrN/c18-16-12-14(11-13-3-1-2-4-15(13)16)19-9-7-17(5-6-17)8-10-19/h1-4,11-12H,5-10H2. The molecule has 2 aromatic carbocycles. The molecular weight excluding hydrogens is 298 g/mol. The molecule has 0 amide bonds. The third-order valence-corrected chi connectivity index (χ3v) is 5.60. The van der Waals surface area contributed by atoms with Gasteiger partial charge in [0.25, 0.3) is 0 Å². The van der Waals surface area contributed by atoms with Crippen molar-refractivity contribution < 1.29 is 0 Å². The Kier molecular flexibility index (Phi) is 2.63. The SMILES string of the molecule is Brc1cc(N2CCC3(CC2)CC3)cc2ccccc12. The van der Waals surface area contributed by atoms with E-state index in [2.05, 4.69) is 57.2 Å². The van der Waals surface area contributed by atoms with Crippen LogP contribution in [0, 0.1) is 5.41 Å². The molecule has 0 radical (unpaired) electrons. The van der Waals surface area contributed by atoms with Gasteiger partial charge >= 0.3 is 0 Å². The Balaban J connectivity index is 1.67. The van der Waals surface area contributed by atoms with E-state index in [9.17, 15) is 0 Å². The van der Waals surface area contributed by atoms with E-state index < -0.39 is 0 Å². The van der Waals surface area contributed by atoms with E-state index in [1.165, 1.54) is 59.7 Å². The highest BCUT2D eigenvalue weighted by molar-refractivity contribution is 9.10. The molecule has 2 heteroatoms. The molecule has 1 nitrogen and oxygen atoms in total. The highest BCUT2D eigenvalue weighted by Crippen LogP contribution is 2.54. The second-order valence-corrected chi connectivity index (χ2v) is 6.99. The zero-order valence-corrected chi connectivity index (χ0v) is 12.6. The average molecular weight is 316 g/mol. The Morgan fingerprint density at radius 2 is 1.68 bits per heavy atom. The first-order valence-electron chi connectivity index (χ1n) is 7.19. The van der Waals surface area contributed by atoms with Crippen molar-refractivity contribution in [2.24, 2.45) is 5.41 Å². The summed E-state index contributed by atoms with van der Waals surface area (Å²) < 4.78 is 1.22. The lowest BCUT2D eigenvalue weighted by Gasteiger charge is -2.34. The summed E-state index contributed by atoms with van der Waals surface area (Å²) in [6.07, 6.45) is 5.72. The van der Waals surface area contributed by atoms with E-state index >= 15 is 0 Å². The van der Waals surface area contributed by atoms with E-state index in [1.54, 1.807) is 0 Å². The predicted octanol–water partition coefficient (Wildman–Crippen LogP) is 4.98. The first kappa shape index (κ1) is 11.8. The molecule has 2 aliphatic rings. The van der Waals surface area contributed by atoms with Crippen LogP contribution >= 0.6 is 15.9 Å². The molecule has 19 heavy (non-hydrogen) atoms. The Labute approximate surface area is 122 Å². The zero-order chi connectivity index (χ0) is 12.9. The maximum absolute atomic E-state index is 3.72. The molecule has 1 saturated heterocycles. The molecule has 0 N–H and O–H groups in total. The van der Waals surface area contributed by atoms with Gasteiger partial charge in [-0.2, -0.15) is 0 Å². The van der Waals surface area contributed by atoms with Gasteiger partial charge in [-0.25, -0.2) is 0 Å². The summed E-state index contributed by atoms with van der Waals surface area (Å²) in [4.78, 5) is 2.56. The van der Waals surface area contributed by atoms with Crippen molar-refractivity contribution in [1.29, 1.82) is 0 Å². The quantitative estimate of drug-likeness (QED) is 0.717. The minimum absolute atomic E-state index is 0.755. The Hall–Kier alpha value is -1.02. The van der Waals surface area contributed by atoms with Gasteiger partial charge in [0.1, 0.15) is 0 Å². The third kappa shape index (κ3) is 2.06. The highest BCUT2D eigenvalue weighted by atomic mass is 79.9. The molecule has 4 rings (SSSR count). The number of benzene rings is 2. The molecule has 1 aliphatic heterocycles. The van der Waals surface area contributed by atoms with Crippen molar-refractivity contribution in [3.63, 3.8) is 0 Å². The first-order valence-corrected chi connectivity index (χ1v) is 7.98. The number of hydrogen-bond donors (Lipinski definition) is 0. The topological polar surface area (TPSA) is 3.24 Å². The van der Waals surface area contributed by atoms with E-state index in [1.807, 2.05) is 0 Å². The van der Waals surface area contributed by atoms with Gasteiger partial charge in [0.15, 0.2) is 0 Å². The molecule has 98 valence electrons. The lowest BCUT2D eigenvalue weighted by atomic mass is 9.93. The molecule has 2 aromatic rings. The van der Waals surface area contributed by atoms with E-state index in [4.69, 9.17) is 0 Å². The summed E-state index contributed by atoms with van der Waals surface area (Å²) >= 11 is 3.72. The normalized spacial score (nSPS) is 21.0. The molecule has 0 bridgehead atoms. The van der Waals surface area contributed by atoms with Crippen molar-refractivity contribution in [2.45, 2.75) is 25.7 Å². The minimum atomic E-state index is 0.755. The van der Waals surface area contributed by atoms with E-state index in [0.29, 0.717) is 0 Å². The van der Waals surface area contributed by atoms with Gasteiger partial charge in [-0.05, 0) is 54.0 Å². The predicted molar refractivity (Wildman–Crippen MR) is 84.8 cm³/mol. The number of piperidine rings is 1. The lowest BCUT2D eigenvalue weighted by Crippen LogP contribution is -2.34. The number of rotatable bonds is 1. The van der Waals surface area contributed by atoms with Crippen molar-refractivity contribution in [1.82, 2.24) is 0 Å². The van der Waals surface area contributed by atoms with Crippen LogP contribution in [0.3, 0.4) is 0 Å². The number of hydrogen-bond acceptors (Lipinski definition) is 1. The Bertz CT molecular complexity index is 620. The molecule has 1 heterocycles. The maximum Gasteiger partial charge on any atom is 0.0383 e. The van der Waals surface area contributed by atoms with Gasteiger partial charge in [0.05, 0.1) is 0 Å². The summed E-state index contributed by atoms with van der Waals surface area (Å²) in [6.45, 7) is 2.45. The van der Waals surface area contributed by atoms with Crippen molar-refractivity contribution in [3.05, 3.63) is 40.9 Å². The minimum Gasteiger partial charge on any atom is -0.371 e. The largest absolute Gasteiger partial charge is 0.371 e. The molecule has 0 atom stereocenters. The van der Waals surface area contributed by atoms with Crippen LogP contribution < -0.4 is 4.90 Å². The van der Waals surface area contributed by atoms with Crippen LogP contribution in [0.1, 0.15) is 25.7 Å². The fourth-order valence-electron chi connectivity index (χ4n) is 3.35. The van der Waals surface area contributed by atoms with E-state index in [0.717, 1.165) is 5.41 Å². The number of fused-ring (bicyclic) bond motifs is 1. The molecule has 1 spiro atoms. The number of nitrogens with zero attached hydrogens (tertiary/aromatic N) is 1. The summed E-state index contributed by atoms with van der Waals surface area (Å²) in [5.74, 6) is 0. The van der Waals surface area contributed by atoms with Crippen LogP contribution in [0.2, 0.25) is 0 Å². The van der Waals surface area contributed by atoms with Gasteiger partial charge < -0.3 is 4.90 Å². The van der Waals surface area contributed by atoms with Crippen molar-refractivity contribution in [2.75, 3.05) is 18.0 Å². The van der Waals surface area contributed by atoms with Crippen LogP contribution in [0.5, 0.6) is 0 Å². The third-order valence-electron chi connectivity index (χ3n) is 4.94. The highest BCUT2D eigenvalue weighted by Gasteiger charge is 2.44. The molecule has 0 aromatic heterocycles. The molecular formula is C17H18BrN. The number of anilines is 1. The Morgan fingerprint density at radius 3 is 2.42 bits per heavy atom. The van der Waals surface area contributed by atoms with Gasteiger partial charge in [-0.15, -0.1) is 0 Å². The van der Waals surface area contributed by atoms with E-state index in [-0.39, 0.29) is 0 Å². The second-order valence-electron chi connectivity index (χ2n) is 6.14. The van der Waals surface area contributed by atoms with Gasteiger partial charge in [0.2, 0.25) is 0 Å². The fraction of sp³-hybridized carbons (Fsp3) is 0.412. The van der Waals surface area contributed by atoms with Gasteiger partial charge in [0, 0.05) is 23.2 Å². The van der Waals surface area contributed by atoms with Crippen molar-refractivity contribution >= 4 is 32.4 Å². The summed E-state index contributed by atoms with van der Waals surface area (Å²) in [6, 6.07) is 13.2. The molecule has 1 aliphatic carbocycles. The molecule has 1 saturated carbocycles. The first-order chi connectivity index (χ1) is 9.26. The van der Waals surface area contributed by atoms with Crippen LogP contribution in [0.25, 0.3) is 10.8 Å². The van der Waals surface area contributed by atoms with Crippen LogP contribution in [-0.2, 0) is 0 Å². The monoisotopic (exact) mass is 315 g/mol. The molecule has 2 fully saturated rings. The number of halogens is 1. The fourth-order valence-corrected chi connectivity index (χ4v) is 3.94. The summed E-state index contributed by atoms with van der Waals surface area (Å²) in [5, 5.41) is 2.64.